The molecule has 0 unspecified atom stereocenters. The number of nitrogens with one attached hydrogen (secondary N) is 1. The van der Waals surface area contributed by atoms with E-state index in [1.165, 1.54) is 0 Å². The Morgan fingerprint density at radius 3 is 1.07 bits per heavy atom. The first-order valence-electron chi connectivity index (χ1n) is 18.4. The van der Waals surface area contributed by atoms with E-state index in [0.29, 0.717) is 51.6 Å². The fourth-order valence-corrected chi connectivity index (χ4v) is 6.94. The average molecular weight is 821 g/mol. The quantitative estimate of drug-likeness (QED) is 0.167. The molecule has 0 saturated carbocycles. The molecule has 8 bridgehead atoms. The monoisotopic (exact) mass is 820 g/mol. The zero-order valence-corrected chi connectivity index (χ0v) is 33.9. The van der Waals surface area contributed by atoms with Crippen molar-refractivity contribution in [3.8, 4) is 45.6 Å². The van der Waals surface area contributed by atoms with Crippen molar-refractivity contribution in [2.24, 2.45) is 0 Å². The second-order valence-electron chi connectivity index (χ2n) is 12.4. The first kappa shape index (κ1) is 40.4. The summed E-state index contributed by atoms with van der Waals surface area (Å²) in [6.45, 7) is 9.91. The van der Waals surface area contributed by atoms with E-state index >= 15 is 0 Å². The molecule has 11 nitrogen and oxygen atoms in total. The topological polar surface area (TPSA) is 152 Å². The van der Waals surface area contributed by atoms with Crippen LogP contribution in [0.25, 0.3) is 89.7 Å². The second kappa shape index (κ2) is 17.3. The molecule has 1 N–H and O–H groups in total. The van der Waals surface area contributed by atoms with Gasteiger partial charge in [-0.05, 0) is 46.2 Å². The van der Waals surface area contributed by atoms with Crippen molar-refractivity contribution in [2.45, 2.75) is 34.6 Å². The van der Waals surface area contributed by atoms with Crippen molar-refractivity contribution in [3.05, 3.63) is 127 Å². The van der Waals surface area contributed by atoms with Gasteiger partial charge in [0.05, 0.1) is 29.6 Å². The molecule has 8 aromatic rings. The van der Waals surface area contributed by atoms with Gasteiger partial charge in [-0.3, -0.25) is 4.72 Å². The molecule has 10 rings (SSSR count). The van der Waals surface area contributed by atoms with Crippen LogP contribution < -0.4 is 14.7 Å². The van der Waals surface area contributed by atoms with Crippen molar-refractivity contribution in [1.82, 2.24) is 39.9 Å². The summed E-state index contributed by atoms with van der Waals surface area (Å²) in [6, 6.07) is 39.0. The van der Waals surface area contributed by atoms with Gasteiger partial charge in [-0.25, -0.2) is 18.4 Å². The zero-order valence-electron chi connectivity index (χ0n) is 32.2. The summed E-state index contributed by atoms with van der Waals surface area (Å²) >= 11 is 0. The van der Waals surface area contributed by atoms with Gasteiger partial charge in [0.1, 0.15) is 0 Å². The normalized spacial score (nSPS) is 11.0. The summed E-state index contributed by atoms with van der Waals surface area (Å²) in [7, 11) is -3.14. The summed E-state index contributed by atoms with van der Waals surface area (Å²) in [4.78, 5) is 39.3. The van der Waals surface area contributed by atoms with Gasteiger partial charge in [0, 0.05) is 50.5 Å². The Hall–Kier alpha value is -6.27. The number of aryl methyl sites for hydroxylation is 1. The molecule has 3 aromatic heterocycles. The third kappa shape index (κ3) is 8.31. The Bertz CT molecular complexity index is 2700. The van der Waals surface area contributed by atoms with Gasteiger partial charge in [-0.1, -0.05) is 137 Å². The smallest absolute Gasteiger partial charge is 0.357 e. The van der Waals surface area contributed by atoms with Gasteiger partial charge >= 0.3 is 17.1 Å². The molecule has 2 aliphatic rings. The first-order chi connectivity index (χ1) is 27.3. The van der Waals surface area contributed by atoms with Crippen LogP contribution in [0.1, 0.15) is 33.3 Å². The summed E-state index contributed by atoms with van der Waals surface area (Å²) in [6.07, 6.45) is 1.13. The number of aromatic nitrogens is 8. The number of hydrogen-bond acceptors (Lipinski definition) is 8. The Labute approximate surface area is 341 Å². The van der Waals surface area contributed by atoms with Crippen LogP contribution >= 0.6 is 0 Å². The van der Waals surface area contributed by atoms with E-state index in [-0.39, 0.29) is 17.1 Å². The molecular formula is C44H39CuN9O2S. The van der Waals surface area contributed by atoms with Crippen LogP contribution in [0.2, 0.25) is 0 Å². The Morgan fingerprint density at radius 1 is 0.456 bits per heavy atom. The van der Waals surface area contributed by atoms with Gasteiger partial charge in [-0.2, -0.15) is 0 Å². The Morgan fingerprint density at radius 2 is 0.772 bits per heavy atom. The van der Waals surface area contributed by atoms with Gasteiger partial charge in [0.2, 0.25) is 10.0 Å². The second-order valence-corrected chi connectivity index (χ2v) is 14.2. The van der Waals surface area contributed by atoms with Crippen molar-refractivity contribution in [1.29, 1.82) is 0 Å². The molecule has 0 saturated heterocycles. The fraction of sp³-hybridized carbons (Fsp3) is 0.136. The Kier molecular flexibility index (Phi) is 12.2. The van der Waals surface area contributed by atoms with Crippen LogP contribution in [0.5, 0.6) is 0 Å². The number of sulfonamides is 1. The largest absolute Gasteiger partial charge is 2.00 e. The average Bonchev–Trinajstić information content (AvgIpc) is 3.95. The molecule has 57 heavy (non-hydrogen) atoms. The number of benzene rings is 5. The van der Waals surface area contributed by atoms with Crippen molar-refractivity contribution in [3.63, 3.8) is 0 Å². The Balaban J connectivity index is 0.000000277. The van der Waals surface area contributed by atoms with Gasteiger partial charge < -0.3 is 29.9 Å². The number of fused-ring (bicyclic) bond motifs is 20. The number of rotatable bonds is 2. The van der Waals surface area contributed by atoms with Gasteiger partial charge in [0.15, 0.2) is 0 Å². The summed E-state index contributed by atoms with van der Waals surface area (Å²) in [5.74, 6) is 2.21. The van der Waals surface area contributed by atoms with Crippen LogP contribution in [0.4, 0.5) is 5.69 Å². The molecule has 0 fully saturated rings. The minimum atomic E-state index is -3.14. The molecule has 1 radical (unpaired) electrons. The zero-order chi connectivity index (χ0) is 39.4. The van der Waals surface area contributed by atoms with Gasteiger partial charge in [0.25, 0.3) is 0 Å². The minimum Gasteiger partial charge on any atom is -0.357 e. The van der Waals surface area contributed by atoms with E-state index < -0.39 is 10.0 Å². The number of anilines is 1. The third-order valence-corrected chi connectivity index (χ3v) is 9.26. The van der Waals surface area contributed by atoms with E-state index in [4.69, 9.17) is 39.9 Å². The van der Waals surface area contributed by atoms with Crippen LogP contribution in [-0.2, 0) is 27.1 Å². The molecule has 0 spiro atoms. The molecule has 5 aromatic carbocycles. The molecule has 0 amide bonds. The van der Waals surface area contributed by atoms with Crippen LogP contribution in [0, 0.1) is 6.92 Å². The maximum Gasteiger partial charge on any atom is 2.00 e. The molecule has 0 aliphatic carbocycles. The predicted molar refractivity (Wildman–Crippen MR) is 226 cm³/mol. The standard InChI is InChI=1S/C32H16N8.C8H11NO2S.2C2H6.Cu/c1-2-10-18-17(9-1)25-33-26(18)38-28-21-13-5-6-14-22(21)30(35-28)40-32-24-16-8-7-15-23(24)31(36-32)39-29-20-12-4-3-11-19(20)27(34-29)37-25;1-7-4-3-5-8(6-7)9-12(2,10)11;2*1-2;/h1-16H;3-6,9H,1-2H3;2*1-2H3;/q-2;;;;+2. The summed E-state index contributed by atoms with van der Waals surface area (Å²) < 4.78 is 24.0. The molecule has 0 atom stereocenters. The van der Waals surface area contributed by atoms with Gasteiger partial charge in [-0.15, -0.1) is 0 Å². The van der Waals surface area contributed by atoms with Crippen LogP contribution in [0.3, 0.4) is 0 Å². The van der Waals surface area contributed by atoms with Crippen molar-refractivity contribution >= 4 is 59.8 Å². The number of nitrogens with zero attached hydrogens (tertiary/aromatic N) is 8. The SMILES string of the molecule is CC.CC.Cc1cccc(NS(C)(=O)=O)c1.[Cu+2].c1ccc2c(c1)-c1nc-2nc2[n-]c(nc3nc(nc4[n-]c(n1)c1ccccc41)-c1ccccc1-3)c1ccccc21. The molecule has 5 heterocycles. The van der Waals surface area contributed by atoms with Crippen LogP contribution in [0.15, 0.2) is 121 Å². The molecular weight excluding hydrogens is 782 g/mol. The maximum atomic E-state index is 10.8. The predicted octanol–water partition coefficient (Wildman–Crippen LogP) is 9.54. The molecule has 2 aliphatic heterocycles. The molecule has 289 valence electrons. The van der Waals surface area contributed by atoms with Crippen LogP contribution in [-0.4, -0.2) is 44.6 Å². The van der Waals surface area contributed by atoms with Crippen molar-refractivity contribution in [2.75, 3.05) is 11.0 Å². The van der Waals surface area contributed by atoms with E-state index in [1.54, 1.807) is 12.1 Å². The van der Waals surface area contributed by atoms with E-state index in [1.807, 2.05) is 144 Å². The third-order valence-electron chi connectivity index (χ3n) is 8.65. The maximum absolute atomic E-state index is 10.8. The van der Waals surface area contributed by atoms with E-state index in [2.05, 4.69) is 4.72 Å². The van der Waals surface area contributed by atoms with E-state index in [0.717, 1.165) is 55.6 Å². The number of hydrogen-bond donors (Lipinski definition) is 1. The van der Waals surface area contributed by atoms with Crippen molar-refractivity contribution < 1.29 is 25.5 Å². The minimum absolute atomic E-state index is 0. The summed E-state index contributed by atoms with van der Waals surface area (Å²) in [5.41, 5.74) is 7.42. The van der Waals surface area contributed by atoms with E-state index in [9.17, 15) is 8.42 Å². The fourth-order valence-electron chi connectivity index (χ4n) is 6.38. The first-order valence-corrected chi connectivity index (χ1v) is 20.3. The summed E-state index contributed by atoms with van der Waals surface area (Å²) in [5, 5.41) is 3.57. The molecule has 13 heteroatoms.